The number of nitrogens with two attached hydrogens (primary N) is 1. The molecule has 1 aliphatic rings. The molecule has 1 aromatic heterocycles. The van der Waals surface area contributed by atoms with E-state index in [1.807, 2.05) is 4.90 Å². The van der Waals surface area contributed by atoms with Gasteiger partial charge in [0.05, 0.1) is 6.04 Å². The summed E-state index contributed by atoms with van der Waals surface area (Å²) in [5.74, 6) is 0.116. The lowest BCUT2D eigenvalue weighted by Crippen LogP contribution is -2.43. The first-order valence-corrected chi connectivity index (χ1v) is 6.64. The van der Waals surface area contributed by atoms with Gasteiger partial charge in [0.25, 0.3) is 0 Å². The third-order valence-electron chi connectivity index (χ3n) is 3.11. The molecule has 4 heteroatoms. The Labute approximate surface area is 100 Å². The maximum atomic E-state index is 12.0. The first-order chi connectivity index (χ1) is 7.68. The molecule has 0 spiro atoms. The summed E-state index contributed by atoms with van der Waals surface area (Å²) in [6, 6.07) is 1.71. The maximum Gasteiger partial charge on any atom is 0.239 e. The van der Waals surface area contributed by atoms with Crippen LogP contribution in [0.4, 0.5) is 0 Å². The highest BCUT2D eigenvalue weighted by atomic mass is 32.1. The summed E-state index contributed by atoms with van der Waals surface area (Å²) in [6.07, 6.45) is 2.92. The summed E-state index contributed by atoms with van der Waals surface area (Å²) in [4.78, 5) is 15.1. The minimum absolute atomic E-state index is 0.116. The van der Waals surface area contributed by atoms with Gasteiger partial charge < -0.3 is 10.6 Å². The number of carbonyl (C=O) groups excluding carboxylic acids is 1. The molecule has 0 radical (unpaired) electrons. The van der Waals surface area contributed by atoms with Crippen LogP contribution in [-0.4, -0.2) is 29.9 Å². The number of rotatable bonds is 3. The molecule has 16 heavy (non-hydrogen) atoms. The molecule has 88 valence electrons. The van der Waals surface area contributed by atoms with Crippen LogP contribution >= 0.6 is 11.3 Å². The molecule has 2 N–H and O–H groups in total. The van der Waals surface area contributed by atoms with E-state index in [2.05, 4.69) is 18.4 Å². The van der Waals surface area contributed by atoms with Crippen molar-refractivity contribution in [1.82, 2.24) is 4.90 Å². The monoisotopic (exact) mass is 238 g/mol. The van der Waals surface area contributed by atoms with E-state index in [1.165, 1.54) is 10.4 Å². The number of hydrogen-bond donors (Lipinski definition) is 1. The molecule has 1 aliphatic heterocycles. The Hall–Kier alpha value is -0.870. The van der Waals surface area contributed by atoms with E-state index in [1.54, 1.807) is 11.3 Å². The summed E-state index contributed by atoms with van der Waals surface area (Å²) in [6.45, 7) is 3.84. The van der Waals surface area contributed by atoms with Gasteiger partial charge >= 0.3 is 0 Å². The van der Waals surface area contributed by atoms with Gasteiger partial charge in [-0.15, -0.1) is 11.3 Å². The van der Waals surface area contributed by atoms with E-state index in [9.17, 15) is 4.79 Å². The molecule has 0 aliphatic carbocycles. The van der Waals surface area contributed by atoms with Crippen molar-refractivity contribution in [1.29, 1.82) is 0 Å². The predicted molar refractivity (Wildman–Crippen MR) is 66.5 cm³/mol. The molecule has 2 heterocycles. The van der Waals surface area contributed by atoms with Crippen molar-refractivity contribution in [3.8, 4) is 0 Å². The van der Waals surface area contributed by atoms with E-state index in [0.717, 1.165) is 25.9 Å². The molecule has 1 amide bonds. The lowest BCUT2D eigenvalue weighted by molar-refractivity contribution is -0.131. The number of hydrogen-bond acceptors (Lipinski definition) is 3. The van der Waals surface area contributed by atoms with Crippen LogP contribution in [-0.2, 0) is 11.2 Å². The van der Waals surface area contributed by atoms with Gasteiger partial charge in [-0.1, -0.05) is 0 Å². The Morgan fingerprint density at radius 1 is 1.56 bits per heavy atom. The Morgan fingerprint density at radius 2 is 2.25 bits per heavy atom. The van der Waals surface area contributed by atoms with E-state index >= 15 is 0 Å². The highest BCUT2D eigenvalue weighted by Gasteiger charge is 2.24. The van der Waals surface area contributed by atoms with Crippen LogP contribution in [0.15, 0.2) is 11.4 Å². The fourth-order valence-electron chi connectivity index (χ4n) is 2.07. The highest BCUT2D eigenvalue weighted by Crippen LogP contribution is 2.18. The van der Waals surface area contributed by atoms with Gasteiger partial charge in [-0.05, 0) is 36.8 Å². The first kappa shape index (κ1) is 11.6. The Balaban J connectivity index is 1.94. The zero-order chi connectivity index (χ0) is 11.5. The average molecular weight is 238 g/mol. The maximum absolute atomic E-state index is 12.0. The van der Waals surface area contributed by atoms with Gasteiger partial charge in [0.2, 0.25) is 5.91 Å². The summed E-state index contributed by atoms with van der Waals surface area (Å²) in [5.41, 5.74) is 7.22. The fourth-order valence-corrected chi connectivity index (χ4v) is 3.04. The normalized spacial score (nSPS) is 17.8. The molecule has 0 saturated carbocycles. The molecule has 0 aromatic carbocycles. The Bertz CT molecular complexity index is 369. The lowest BCUT2D eigenvalue weighted by Gasteiger charge is -2.19. The van der Waals surface area contributed by atoms with Crippen LogP contribution in [0, 0.1) is 6.92 Å². The molecular weight excluding hydrogens is 220 g/mol. The lowest BCUT2D eigenvalue weighted by atomic mass is 10.1. The van der Waals surface area contributed by atoms with Crippen molar-refractivity contribution in [3.63, 3.8) is 0 Å². The second-order valence-corrected chi connectivity index (χ2v) is 5.37. The number of thiophene rings is 1. The van der Waals surface area contributed by atoms with Crippen molar-refractivity contribution in [3.05, 3.63) is 21.9 Å². The van der Waals surface area contributed by atoms with Gasteiger partial charge in [0, 0.05) is 24.4 Å². The molecule has 3 nitrogen and oxygen atoms in total. The van der Waals surface area contributed by atoms with Gasteiger partial charge in [0.15, 0.2) is 0 Å². The minimum atomic E-state index is -0.365. The molecule has 1 aromatic rings. The second kappa shape index (κ2) is 4.97. The Morgan fingerprint density at radius 3 is 2.81 bits per heavy atom. The number of nitrogens with zero attached hydrogens (tertiary/aromatic N) is 1. The zero-order valence-corrected chi connectivity index (χ0v) is 10.4. The second-order valence-electron chi connectivity index (χ2n) is 4.37. The van der Waals surface area contributed by atoms with E-state index in [4.69, 9.17) is 5.73 Å². The quantitative estimate of drug-likeness (QED) is 0.868. The van der Waals surface area contributed by atoms with E-state index in [-0.39, 0.29) is 11.9 Å². The fraction of sp³-hybridized carbons (Fsp3) is 0.583. The molecule has 1 fully saturated rings. The number of carbonyl (C=O) groups is 1. The Kier molecular flexibility index (Phi) is 3.61. The first-order valence-electron chi connectivity index (χ1n) is 5.76. The SMILES string of the molecule is Cc1ccsc1CC(N)C(=O)N1CCCC1. The molecule has 1 atom stereocenters. The number of aryl methyl sites for hydroxylation is 1. The average Bonchev–Trinajstić information content (AvgIpc) is 2.89. The molecule has 1 saturated heterocycles. The molecule has 1 unspecified atom stereocenters. The van der Waals surface area contributed by atoms with Crippen LogP contribution in [0.25, 0.3) is 0 Å². The molecule has 2 rings (SSSR count). The van der Waals surface area contributed by atoms with Crippen LogP contribution in [0.2, 0.25) is 0 Å². The molecule has 0 bridgehead atoms. The molecular formula is C12H18N2OS. The van der Waals surface area contributed by atoms with Crippen molar-refractivity contribution in [2.24, 2.45) is 5.73 Å². The van der Waals surface area contributed by atoms with Crippen LogP contribution in [0.1, 0.15) is 23.3 Å². The predicted octanol–water partition coefficient (Wildman–Crippen LogP) is 1.55. The highest BCUT2D eigenvalue weighted by molar-refractivity contribution is 7.10. The van der Waals surface area contributed by atoms with Crippen LogP contribution in [0.3, 0.4) is 0 Å². The van der Waals surface area contributed by atoms with E-state index < -0.39 is 0 Å². The smallest absolute Gasteiger partial charge is 0.239 e. The number of likely N-dealkylation sites (tertiary alicyclic amines) is 1. The summed E-state index contributed by atoms with van der Waals surface area (Å²) >= 11 is 1.69. The van der Waals surface area contributed by atoms with Crippen molar-refractivity contribution >= 4 is 17.2 Å². The number of amides is 1. The topological polar surface area (TPSA) is 46.3 Å². The summed E-state index contributed by atoms with van der Waals surface area (Å²) in [5, 5.41) is 2.05. The van der Waals surface area contributed by atoms with Crippen molar-refractivity contribution in [2.75, 3.05) is 13.1 Å². The summed E-state index contributed by atoms with van der Waals surface area (Å²) < 4.78 is 0. The van der Waals surface area contributed by atoms with Crippen LogP contribution in [0.5, 0.6) is 0 Å². The standard InChI is InChI=1S/C12H18N2OS/c1-9-4-7-16-11(9)8-10(13)12(15)14-5-2-3-6-14/h4,7,10H,2-3,5-6,8,13H2,1H3. The minimum Gasteiger partial charge on any atom is -0.341 e. The van der Waals surface area contributed by atoms with Crippen molar-refractivity contribution < 1.29 is 4.79 Å². The third-order valence-corrected chi connectivity index (χ3v) is 4.15. The largest absolute Gasteiger partial charge is 0.341 e. The van der Waals surface area contributed by atoms with Gasteiger partial charge in [-0.3, -0.25) is 4.79 Å². The van der Waals surface area contributed by atoms with E-state index in [0.29, 0.717) is 6.42 Å². The van der Waals surface area contributed by atoms with Crippen molar-refractivity contribution in [2.45, 2.75) is 32.2 Å². The van der Waals surface area contributed by atoms with Gasteiger partial charge in [-0.25, -0.2) is 0 Å². The van der Waals surface area contributed by atoms with Gasteiger partial charge in [-0.2, -0.15) is 0 Å². The third kappa shape index (κ3) is 2.44. The zero-order valence-electron chi connectivity index (χ0n) is 9.61. The van der Waals surface area contributed by atoms with Crippen LogP contribution < -0.4 is 5.73 Å². The summed E-state index contributed by atoms with van der Waals surface area (Å²) in [7, 11) is 0. The van der Waals surface area contributed by atoms with Gasteiger partial charge in [0.1, 0.15) is 0 Å².